The zero-order valence-corrected chi connectivity index (χ0v) is 11.8. The number of nitrogens with one attached hydrogen (secondary N) is 1. The van der Waals surface area contributed by atoms with Crippen LogP contribution in [0, 0.1) is 6.92 Å². The Labute approximate surface area is 109 Å². The zero-order valence-electron chi connectivity index (χ0n) is 9.42. The molecule has 16 heavy (non-hydrogen) atoms. The number of nitrogen functional groups attached to an aromatic ring is 1. The van der Waals surface area contributed by atoms with E-state index in [-0.39, 0.29) is 0 Å². The third-order valence-electron chi connectivity index (χ3n) is 2.88. The standard InChI is InChI=1S/C12H17BrN2S/c1-8-5-12(10(13)6-11(8)14)15-9-3-2-4-16-7-9/h5-6,9,15H,2-4,7,14H2,1H3. The van der Waals surface area contributed by atoms with Gasteiger partial charge in [0.15, 0.2) is 0 Å². The van der Waals surface area contributed by atoms with Gasteiger partial charge in [0.05, 0.1) is 0 Å². The second-order valence-corrected chi connectivity index (χ2v) is 6.25. The van der Waals surface area contributed by atoms with Crippen LogP contribution >= 0.6 is 27.7 Å². The molecule has 0 saturated carbocycles. The van der Waals surface area contributed by atoms with Crippen molar-refractivity contribution in [3.05, 3.63) is 22.2 Å². The van der Waals surface area contributed by atoms with Crippen molar-refractivity contribution in [2.45, 2.75) is 25.8 Å². The molecule has 0 aliphatic carbocycles. The number of benzene rings is 1. The van der Waals surface area contributed by atoms with Gasteiger partial charge in [0.1, 0.15) is 0 Å². The summed E-state index contributed by atoms with van der Waals surface area (Å²) in [4.78, 5) is 0. The van der Waals surface area contributed by atoms with E-state index in [4.69, 9.17) is 5.73 Å². The molecular weight excluding hydrogens is 284 g/mol. The van der Waals surface area contributed by atoms with Crippen LogP contribution < -0.4 is 11.1 Å². The molecule has 1 unspecified atom stereocenters. The van der Waals surface area contributed by atoms with Gasteiger partial charge in [-0.25, -0.2) is 0 Å². The number of aryl methyl sites for hydroxylation is 1. The molecule has 0 aromatic heterocycles. The number of thioether (sulfide) groups is 1. The van der Waals surface area contributed by atoms with Crippen molar-refractivity contribution in [1.82, 2.24) is 0 Å². The van der Waals surface area contributed by atoms with E-state index >= 15 is 0 Å². The van der Waals surface area contributed by atoms with Crippen molar-refractivity contribution in [2.75, 3.05) is 22.6 Å². The highest BCUT2D eigenvalue weighted by Crippen LogP contribution is 2.30. The summed E-state index contributed by atoms with van der Waals surface area (Å²) in [6.07, 6.45) is 2.58. The topological polar surface area (TPSA) is 38.0 Å². The quantitative estimate of drug-likeness (QED) is 0.819. The molecule has 1 aliphatic heterocycles. The highest BCUT2D eigenvalue weighted by atomic mass is 79.9. The number of halogens is 1. The van der Waals surface area contributed by atoms with Crippen LogP contribution in [0.25, 0.3) is 0 Å². The summed E-state index contributed by atoms with van der Waals surface area (Å²) in [6.45, 7) is 2.04. The molecule has 2 rings (SSSR count). The molecule has 1 fully saturated rings. The molecule has 1 aromatic rings. The molecule has 3 N–H and O–H groups in total. The average Bonchev–Trinajstić information content (AvgIpc) is 2.27. The number of rotatable bonds is 2. The molecule has 2 nitrogen and oxygen atoms in total. The molecular formula is C12H17BrN2S. The number of nitrogens with two attached hydrogens (primary N) is 1. The summed E-state index contributed by atoms with van der Waals surface area (Å²) in [5, 5.41) is 3.59. The molecule has 1 saturated heterocycles. The Morgan fingerprint density at radius 3 is 3.00 bits per heavy atom. The Hall–Kier alpha value is -0.350. The first kappa shape index (κ1) is 12.1. The van der Waals surface area contributed by atoms with Gasteiger partial charge in [0.25, 0.3) is 0 Å². The molecule has 0 amide bonds. The van der Waals surface area contributed by atoms with Crippen LogP contribution in [0.4, 0.5) is 11.4 Å². The lowest BCUT2D eigenvalue weighted by Gasteiger charge is -2.24. The summed E-state index contributed by atoms with van der Waals surface area (Å²) in [7, 11) is 0. The summed E-state index contributed by atoms with van der Waals surface area (Å²) in [6, 6.07) is 4.70. The normalized spacial score (nSPS) is 20.8. The number of hydrogen-bond donors (Lipinski definition) is 2. The van der Waals surface area contributed by atoms with Crippen molar-refractivity contribution in [2.24, 2.45) is 0 Å². The van der Waals surface area contributed by atoms with Crippen molar-refractivity contribution in [3.8, 4) is 0 Å². The second-order valence-electron chi connectivity index (χ2n) is 4.25. The van der Waals surface area contributed by atoms with Gasteiger partial charge in [0.2, 0.25) is 0 Å². The highest BCUT2D eigenvalue weighted by Gasteiger charge is 2.14. The first-order chi connectivity index (χ1) is 7.66. The summed E-state index contributed by atoms with van der Waals surface area (Å²) < 4.78 is 1.06. The van der Waals surface area contributed by atoms with Crippen LogP contribution in [0.3, 0.4) is 0 Å². The second kappa shape index (κ2) is 5.32. The maximum absolute atomic E-state index is 5.86. The molecule has 1 heterocycles. The summed E-state index contributed by atoms with van der Waals surface area (Å²) >= 11 is 5.59. The molecule has 1 aliphatic rings. The van der Waals surface area contributed by atoms with E-state index in [1.54, 1.807) is 0 Å². The van der Waals surface area contributed by atoms with Gasteiger partial charge >= 0.3 is 0 Å². The monoisotopic (exact) mass is 300 g/mol. The fourth-order valence-corrected chi connectivity index (χ4v) is 3.43. The van der Waals surface area contributed by atoms with Crippen molar-refractivity contribution in [1.29, 1.82) is 0 Å². The largest absolute Gasteiger partial charge is 0.398 e. The van der Waals surface area contributed by atoms with Gasteiger partial charge in [-0.1, -0.05) is 0 Å². The van der Waals surface area contributed by atoms with E-state index in [2.05, 4.69) is 27.3 Å². The van der Waals surface area contributed by atoms with E-state index in [1.165, 1.54) is 30.0 Å². The minimum Gasteiger partial charge on any atom is -0.398 e. The zero-order chi connectivity index (χ0) is 11.5. The minimum atomic E-state index is 0.595. The maximum atomic E-state index is 5.86. The van der Waals surface area contributed by atoms with E-state index in [1.807, 2.05) is 24.8 Å². The fourth-order valence-electron chi connectivity index (χ4n) is 1.88. The Kier molecular flexibility index (Phi) is 4.03. The van der Waals surface area contributed by atoms with Crippen LogP contribution in [0.15, 0.2) is 16.6 Å². The van der Waals surface area contributed by atoms with Gasteiger partial charge in [0, 0.05) is 27.6 Å². The first-order valence-corrected chi connectivity index (χ1v) is 7.51. The third kappa shape index (κ3) is 2.86. The van der Waals surface area contributed by atoms with E-state index in [0.29, 0.717) is 6.04 Å². The lowest BCUT2D eigenvalue weighted by Crippen LogP contribution is -2.25. The fraction of sp³-hybridized carbons (Fsp3) is 0.500. The van der Waals surface area contributed by atoms with Gasteiger partial charge in [-0.3, -0.25) is 0 Å². The van der Waals surface area contributed by atoms with Crippen molar-refractivity contribution >= 4 is 39.1 Å². The van der Waals surface area contributed by atoms with E-state index < -0.39 is 0 Å². The molecule has 1 aromatic carbocycles. The Balaban J connectivity index is 2.11. The molecule has 4 heteroatoms. The van der Waals surface area contributed by atoms with Gasteiger partial charge < -0.3 is 11.1 Å². The SMILES string of the molecule is Cc1cc(NC2CCCSC2)c(Br)cc1N. The van der Waals surface area contributed by atoms with E-state index in [0.717, 1.165) is 15.7 Å². The van der Waals surface area contributed by atoms with Crippen LogP contribution in [-0.4, -0.2) is 17.5 Å². The Bertz CT molecular complexity index is 376. The summed E-state index contributed by atoms with van der Waals surface area (Å²) in [5.74, 6) is 2.51. The van der Waals surface area contributed by atoms with Crippen LogP contribution in [0.2, 0.25) is 0 Å². The third-order valence-corrected chi connectivity index (χ3v) is 4.75. The Morgan fingerprint density at radius 2 is 2.31 bits per heavy atom. The average molecular weight is 301 g/mol. The molecule has 88 valence electrons. The lowest BCUT2D eigenvalue weighted by molar-refractivity contribution is 0.685. The van der Waals surface area contributed by atoms with Crippen molar-refractivity contribution < 1.29 is 0 Å². The predicted molar refractivity (Wildman–Crippen MR) is 77.3 cm³/mol. The maximum Gasteiger partial charge on any atom is 0.0491 e. The van der Waals surface area contributed by atoms with Gasteiger partial charge in [-0.15, -0.1) is 0 Å². The first-order valence-electron chi connectivity index (χ1n) is 5.56. The lowest BCUT2D eigenvalue weighted by atomic mass is 10.1. The Morgan fingerprint density at radius 1 is 1.50 bits per heavy atom. The number of anilines is 2. The van der Waals surface area contributed by atoms with Crippen LogP contribution in [-0.2, 0) is 0 Å². The van der Waals surface area contributed by atoms with Crippen LogP contribution in [0.5, 0.6) is 0 Å². The highest BCUT2D eigenvalue weighted by molar-refractivity contribution is 9.10. The smallest absolute Gasteiger partial charge is 0.0491 e. The summed E-state index contributed by atoms with van der Waals surface area (Å²) in [5.41, 5.74) is 9.00. The van der Waals surface area contributed by atoms with Gasteiger partial charge in [-0.05, 0) is 59.1 Å². The minimum absolute atomic E-state index is 0.595. The molecule has 0 spiro atoms. The molecule has 1 atom stereocenters. The van der Waals surface area contributed by atoms with Crippen LogP contribution in [0.1, 0.15) is 18.4 Å². The van der Waals surface area contributed by atoms with Crippen molar-refractivity contribution in [3.63, 3.8) is 0 Å². The van der Waals surface area contributed by atoms with Gasteiger partial charge in [-0.2, -0.15) is 11.8 Å². The predicted octanol–water partition coefficient (Wildman–Crippen LogP) is 3.65. The molecule has 0 radical (unpaired) electrons. The number of hydrogen-bond acceptors (Lipinski definition) is 3. The van der Waals surface area contributed by atoms with E-state index in [9.17, 15) is 0 Å². The molecule has 0 bridgehead atoms.